The zero-order valence-electron chi connectivity index (χ0n) is 16.2. The number of hydrogen-bond donors (Lipinski definition) is 3. The van der Waals surface area contributed by atoms with E-state index in [9.17, 15) is 9.59 Å². The molecule has 0 aliphatic carbocycles. The Morgan fingerprint density at radius 1 is 0.786 bits per heavy atom. The fourth-order valence-electron chi connectivity index (χ4n) is 2.98. The molecule has 5 nitrogen and oxygen atoms in total. The van der Waals surface area contributed by atoms with E-state index in [1.165, 1.54) is 0 Å². The fourth-order valence-corrected chi connectivity index (χ4v) is 2.98. The van der Waals surface area contributed by atoms with E-state index in [1.54, 1.807) is 24.3 Å². The Balaban J connectivity index is 1.54. The molecular formula is C23H25N3O2. The molecule has 0 spiro atoms. The predicted molar refractivity (Wildman–Crippen MR) is 116 cm³/mol. The number of benzene rings is 3. The van der Waals surface area contributed by atoms with Gasteiger partial charge in [-0.15, -0.1) is 0 Å². The summed E-state index contributed by atoms with van der Waals surface area (Å²) in [4.78, 5) is 24.1. The monoisotopic (exact) mass is 375 g/mol. The summed E-state index contributed by atoms with van der Waals surface area (Å²) in [6.07, 6.45) is 0.484. The Bertz CT molecular complexity index is 960. The van der Waals surface area contributed by atoms with E-state index < -0.39 is 0 Å². The molecule has 0 fully saturated rings. The zero-order chi connectivity index (χ0) is 19.9. The van der Waals surface area contributed by atoms with Crippen LogP contribution >= 0.6 is 0 Å². The Hall–Kier alpha value is -3.34. The molecule has 0 aliphatic rings. The first-order valence-electron chi connectivity index (χ1n) is 9.42. The number of anilines is 3. The highest BCUT2D eigenvalue weighted by molar-refractivity contribution is 5.98. The molecule has 0 bridgehead atoms. The Kier molecular flexibility index (Phi) is 6.27. The largest absolute Gasteiger partial charge is 0.376 e. The van der Waals surface area contributed by atoms with Crippen molar-refractivity contribution in [3.63, 3.8) is 0 Å². The van der Waals surface area contributed by atoms with E-state index in [0.29, 0.717) is 18.0 Å². The lowest BCUT2D eigenvalue weighted by molar-refractivity contribution is -0.117. The van der Waals surface area contributed by atoms with Crippen LogP contribution in [0, 0.1) is 5.92 Å². The standard InChI is InChI=1S/C23H25N3O2/c1-16(2)14-22(27)25-18-10-12-19(13-11-18)26-23(28)15-24-21-9-5-7-17-6-3-4-8-20(17)21/h3-13,16,24H,14-15H2,1-2H3,(H,25,27)(H,26,28). The number of nitrogens with one attached hydrogen (secondary N) is 3. The van der Waals surface area contributed by atoms with Crippen molar-refractivity contribution in [2.75, 3.05) is 22.5 Å². The van der Waals surface area contributed by atoms with Crippen molar-refractivity contribution in [1.29, 1.82) is 0 Å². The topological polar surface area (TPSA) is 70.2 Å². The third-order valence-corrected chi connectivity index (χ3v) is 4.28. The summed E-state index contributed by atoms with van der Waals surface area (Å²) in [6.45, 7) is 4.18. The fraction of sp³-hybridized carbons (Fsp3) is 0.217. The van der Waals surface area contributed by atoms with E-state index in [0.717, 1.165) is 22.1 Å². The molecule has 3 aromatic rings. The molecule has 0 aromatic heterocycles. The minimum atomic E-state index is -0.135. The molecule has 3 N–H and O–H groups in total. The summed E-state index contributed by atoms with van der Waals surface area (Å²) in [5, 5.41) is 11.1. The average molecular weight is 375 g/mol. The summed E-state index contributed by atoms with van der Waals surface area (Å²) in [7, 11) is 0. The van der Waals surface area contributed by atoms with Crippen LogP contribution in [0.2, 0.25) is 0 Å². The van der Waals surface area contributed by atoms with Crippen LogP contribution in [0.3, 0.4) is 0 Å². The first-order valence-corrected chi connectivity index (χ1v) is 9.42. The van der Waals surface area contributed by atoms with Gasteiger partial charge in [-0.25, -0.2) is 0 Å². The smallest absolute Gasteiger partial charge is 0.243 e. The maximum atomic E-state index is 12.3. The molecule has 0 heterocycles. The van der Waals surface area contributed by atoms with E-state index >= 15 is 0 Å². The van der Waals surface area contributed by atoms with Crippen molar-refractivity contribution in [3.05, 3.63) is 66.7 Å². The maximum Gasteiger partial charge on any atom is 0.243 e. The van der Waals surface area contributed by atoms with Gasteiger partial charge in [0.1, 0.15) is 0 Å². The SMILES string of the molecule is CC(C)CC(=O)Nc1ccc(NC(=O)CNc2cccc3ccccc23)cc1. The van der Waals surface area contributed by atoms with Gasteiger partial charge in [0.2, 0.25) is 11.8 Å². The van der Waals surface area contributed by atoms with Crippen molar-refractivity contribution in [2.24, 2.45) is 5.92 Å². The van der Waals surface area contributed by atoms with Crippen LogP contribution in [-0.2, 0) is 9.59 Å². The van der Waals surface area contributed by atoms with Crippen LogP contribution in [0.1, 0.15) is 20.3 Å². The molecule has 3 aromatic carbocycles. The number of amides is 2. The minimum absolute atomic E-state index is 0.00827. The molecule has 144 valence electrons. The summed E-state index contributed by atoms with van der Waals surface area (Å²) in [5.41, 5.74) is 2.33. The van der Waals surface area contributed by atoms with Gasteiger partial charge < -0.3 is 16.0 Å². The number of carbonyl (C=O) groups is 2. The molecule has 3 rings (SSSR count). The van der Waals surface area contributed by atoms with Gasteiger partial charge in [-0.3, -0.25) is 9.59 Å². The molecule has 5 heteroatoms. The van der Waals surface area contributed by atoms with Crippen LogP contribution in [0.5, 0.6) is 0 Å². The quantitative estimate of drug-likeness (QED) is 0.551. The predicted octanol–water partition coefficient (Wildman–Crippen LogP) is 4.88. The van der Waals surface area contributed by atoms with Gasteiger partial charge in [-0.2, -0.15) is 0 Å². The van der Waals surface area contributed by atoms with Gasteiger partial charge in [0.15, 0.2) is 0 Å². The second-order valence-electron chi connectivity index (χ2n) is 7.15. The van der Waals surface area contributed by atoms with Crippen LogP contribution in [0.15, 0.2) is 66.7 Å². The summed E-state index contributed by atoms with van der Waals surface area (Å²) in [5.74, 6) is 0.170. The first-order chi connectivity index (χ1) is 13.5. The van der Waals surface area contributed by atoms with Crippen molar-refractivity contribution >= 4 is 39.6 Å². The van der Waals surface area contributed by atoms with Gasteiger partial charge in [0.25, 0.3) is 0 Å². The van der Waals surface area contributed by atoms with Crippen LogP contribution < -0.4 is 16.0 Å². The van der Waals surface area contributed by atoms with Gasteiger partial charge in [-0.1, -0.05) is 50.2 Å². The molecular weight excluding hydrogens is 350 g/mol. The minimum Gasteiger partial charge on any atom is -0.376 e. The van der Waals surface area contributed by atoms with Crippen LogP contribution in [0.25, 0.3) is 10.8 Å². The molecule has 0 radical (unpaired) electrons. The number of carbonyl (C=O) groups excluding carboxylic acids is 2. The van der Waals surface area contributed by atoms with Crippen molar-refractivity contribution in [1.82, 2.24) is 0 Å². The highest BCUT2D eigenvalue weighted by Gasteiger charge is 2.07. The normalized spacial score (nSPS) is 10.7. The first kappa shape index (κ1) is 19.4. The molecule has 0 unspecified atom stereocenters. The molecule has 0 saturated heterocycles. The van der Waals surface area contributed by atoms with Crippen LogP contribution in [-0.4, -0.2) is 18.4 Å². The lowest BCUT2D eigenvalue weighted by atomic mass is 10.1. The maximum absolute atomic E-state index is 12.3. The van der Waals surface area contributed by atoms with Gasteiger partial charge in [-0.05, 0) is 41.6 Å². The van der Waals surface area contributed by atoms with Crippen molar-refractivity contribution < 1.29 is 9.59 Å². The highest BCUT2D eigenvalue weighted by Crippen LogP contribution is 2.22. The lowest BCUT2D eigenvalue weighted by Crippen LogP contribution is -2.21. The molecule has 2 amide bonds. The summed E-state index contributed by atoms with van der Waals surface area (Å²) < 4.78 is 0. The molecule has 28 heavy (non-hydrogen) atoms. The van der Waals surface area contributed by atoms with Crippen molar-refractivity contribution in [3.8, 4) is 0 Å². The third kappa shape index (κ3) is 5.33. The Labute approximate surface area is 165 Å². The van der Waals surface area contributed by atoms with Gasteiger partial charge in [0, 0.05) is 28.9 Å². The molecule has 0 aliphatic heterocycles. The second-order valence-corrected chi connectivity index (χ2v) is 7.15. The summed E-state index contributed by atoms with van der Waals surface area (Å²) in [6, 6.07) is 21.1. The van der Waals surface area contributed by atoms with Crippen molar-refractivity contribution in [2.45, 2.75) is 20.3 Å². The Morgan fingerprint density at radius 2 is 1.39 bits per heavy atom. The van der Waals surface area contributed by atoms with Gasteiger partial charge >= 0.3 is 0 Å². The summed E-state index contributed by atoms with van der Waals surface area (Å²) >= 11 is 0. The zero-order valence-corrected chi connectivity index (χ0v) is 16.2. The highest BCUT2D eigenvalue weighted by atomic mass is 16.2. The number of rotatable bonds is 7. The van der Waals surface area contributed by atoms with E-state index in [-0.39, 0.29) is 18.4 Å². The third-order valence-electron chi connectivity index (χ3n) is 4.28. The molecule has 0 atom stereocenters. The molecule has 0 saturated carbocycles. The van der Waals surface area contributed by atoms with E-state index in [1.807, 2.05) is 56.3 Å². The van der Waals surface area contributed by atoms with Crippen LogP contribution in [0.4, 0.5) is 17.1 Å². The Morgan fingerprint density at radius 3 is 2.07 bits per heavy atom. The lowest BCUT2D eigenvalue weighted by Gasteiger charge is -2.11. The average Bonchev–Trinajstić information content (AvgIpc) is 2.67. The number of fused-ring (bicyclic) bond motifs is 1. The van der Waals surface area contributed by atoms with Gasteiger partial charge in [0.05, 0.1) is 6.54 Å². The second kappa shape index (κ2) is 9.04. The van der Waals surface area contributed by atoms with E-state index in [4.69, 9.17) is 0 Å². The van der Waals surface area contributed by atoms with E-state index in [2.05, 4.69) is 16.0 Å². The number of hydrogen-bond acceptors (Lipinski definition) is 3.